The van der Waals surface area contributed by atoms with Gasteiger partial charge in [0.25, 0.3) is 0 Å². The van der Waals surface area contributed by atoms with E-state index < -0.39 is 10.0 Å². The number of sulfonamides is 1. The number of hydrogen-bond donors (Lipinski definition) is 1. The summed E-state index contributed by atoms with van der Waals surface area (Å²) >= 11 is 7.78. The number of amides is 1. The Morgan fingerprint density at radius 2 is 2.11 bits per heavy atom. The zero-order chi connectivity index (χ0) is 20.5. The molecule has 0 aliphatic carbocycles. The van der Waals surface area contributed by atoms with Crippen molar-refractivity contribution < 1.29 is 13.2 Å². The van der Waals surface area contributed by atoms with E-state index in [0.717, 1.165) is 23.7 Å². The number of carbonyl (C=O) groups is 1. The summed E-state index contributed by atoms with van der Waals surface area (Å²) in [5.74, 6) is -0.168. The van der Waals surface area contributed by atoms with Crippen LogP contribution in [0.4, 0.5) is 5.69 Å². The van der Waals surface area contributed by atoms with Gasteiger partial charge in [-0.15, -0.1) is 11.3 Å². The molecule has 1 saturated heterocycles. The fraction of sp³-hybridized carbons (Fsp3) is 0.421. The molecule has 1 aromatic heterocycles. The molecule has 2 aromatic rings. The smallest absolute Gasteiger partial charge is 0.244 e. The second-order valence-corrected chi connectivity index (χ2v) is 10.5. The van der Waals surface area contributed by atoms with E-state index in [1.54, 1.807) is 17.4 Å². The van der Waals surface area contributed by atoms with E-state index in [1.807, 2.05) is 13.0 Å². The molecule has 1 aromatic carbocycles. The van der Waals surface area contributed by atoms with E-state index in [2.05, 4.69) is 21.7 Å². The molecular weight excluding hydrogens is 418 g/mol. The molecule has 1 fully saturated rings. The number of likely N-dealkylation sites (tertiary alicyclic amines) is 1. The summed E-state index contributed by atoms with van der Waals surface area (Å²) in [6, 6.07) is 8.56. The molecule has 0 saturated carbocycles. The van der Waals surface area contributed by atoms with Crippen LogP contribution in [-0.4, -0.2) is 50.2 Å². The molecule has 0 spiro atoms. The average Bonchev–Trinajstić information content (AvgIpc) is 3.33. The zero-order valence-corrected chi connectivity index (χ0v) is 18.4. The van der Waals surface area contributed by atoms with Crippen molar-refractivity contribution in [3.8, 4) is 0 Å². The Morgan fingerprint density at radius 3 is 2.75 bits per heavy atom. The summed E-state index contributed by atoms with van der Waals surface area (Å²) in [7, 11) is -0.816. The normalized spacial score (nSPS) is 19.1. The van der Waals surface area contributed by atoms with Gasteiger partial charge in [-0.2, -0.15) is 0 Å². The molecule has 0 bridgehead atoms. The highest BCUT2D eigenvalue weighted by Crippen LogP contribution is 2.36. The molecule has 1 aliphatic heterocycles. The predicted octanol–water partition coefficient (Wildman–Crippen LogP) is 3.82. The molecule has 28 heavy (non-hydrogen) atoms. The number of nitrogens with one attached hydrogen (secondary N) is 1. The fourth-order valence-electron chi connectivity index (χ4n) is 3.41. The lowest BCUT2D eigenvalue weighted by molar-refractivity contribution is -0.121. The number of carbonyl (C=O) groups excluding carboxylic acids is 1. The van der Waals surface area contributed by atoms with Crippen LogP contribution in [0.15, 0.2) is 40.6 Å². The summed E-state index contributed by atoms with van der Waals surface area (Å²) < 4.78 is 26.0. The van der Waals surface area contributed by atoms with Crippen molar-refractivity contribution in [1.29, 1.82) is 0 Å². The zero-order valence-electron chi connectivity index (χ0n) is 16.1. The van der Waals surface area contributed by atoms with Gasteiger partial charge in [0, 0.05) is 30.7 Å². The summed E-state index contributed by atoms with van der Waals surface area (Å²) in [6.45, 7) is 2.74. The van der Waals surface area contributed by atoms with Crippen molar-refractivity contribution >= 4 is 44.6 Å². The van der Waals surface area contributed by atoms with E-state index >= 15 is 0 Å². The van der Waals surface area contributed by atoms with Crippen LogP contribution >= 0.6 is 22.9 Å². The number of halogens is 1. The maximum absolute atomic E-state index is 12.9. The van der Waals surface area contributed by atoms with Crippen LogP contribution in [0.25, 0.3) is 0 Å². The largest absolute Gasteiger partial charge is 0.325 e. The Bertz CT molecular complexity index is 945. The van der Waals surface area contributed by atoms with Crippen molar-refractivity contribution in [2.45, 2.75) is 36.7 Å². The van der Waals surface area contributed by atoms with Crippen LogP contribution in [0, 0.1) is 0 Å². The van der Waals surface area contributed by atoms with Crippen molar-refractivity contribution in [3.05, 3.63) is 45.6 Å². The highest BCUT2D eigenvalue weighted by Gasteiger charge is 2.33. The second-order valence-electron chi connectivity index (χ2n) is 7.01. The summed E-state index contributed by atoms with van der Waals surface area (Å²) in [4.78, 5) is 16.3. The SMILES string of the molecule is C[C@H](C(=O)Nc1ccc(Cl)c(S(=O)(=O)N(C)C)c1)N1CCC[C@H]1c1cccs1. The first-order chi connectivity index (χ1) is 13.2. The van der Waals surface area contributed by atoms with Crippen LogP contribution in [0.5, 0.6) is 0 Å². The standard InChI is InChI=1S/C19H24ClN3O3S2/c1-13(23-10-4-6-16(23)17-7-5-11-27-17)19(24)21-14-8-9-15(20)18(12-14)28(25,26)22(2)3/h5,7-9,11-13,16H,4,6,10H2,1-3H3,(H,21,24)/t13-,16+/m1/s1. The number of benzene rings is 1. The summed E-state index contributed by atoms with van der Waals surface area (Å²) in [6.07, 6.45) is 2.08. The Morgan fingerprint density at radius 1 is 1.36 bits per heavy atom. The van der Waals surface area contributed by atoms with Crippen LogP contribution in [0.2, 0.25) is 5.02 Å². The van der Waals surface area contributed by atoms with Gasteiger partial charge in [0.15, 0.2) is 0 Å². The van der Waals surface area contributed by atoms with Crippen molar-refractivity contribution in [2.75, 3.05) is 26.0 Å². The molecule has 0 radical (unpaired) electrons. The minimum Gasteiger partial charge on any atom is -0.325 e. The highest BCUT2D eigenvalue weighted by molar-refractivity contribution is 7.89. The molecule has 0 unspecified atom stereocenters. The second kappa shape index (κ2) is 8.51. The fourth-order valence-corrected chi connectivity index (χ4v) is 5.69. The summed E-state index contributed by atoms with van der Waals surface area (Å²) in [5, 5.41) is 5.02. The molecule has 6 nitrogen and oxygen atoms in total. The number of nitrogens with zero attached hydrogens (tertiary/aromatic N) is 2. The van der Waals surface area contributed by atoms with Gasteiger partial charge in [-0.3, -0.25) is 9.69 Å². The van der Waals surface area contributed by atoms with E-state index in [1.165, 1.54) is 31.1 Å². The van der Waals surface area contributed by atoms with E-state index in [4.69, 9.17) is 11.6 Å². The topological polar surface area (TPSA) is 69.7 Å². The monoisotopic (exact) mass is 441 g/mol. The van der Waals surface area contributed by atoms with Gasteiger partial charge < -0.3 is 5.32 Å². The number of anilines is 1. The third kappa shape index (κ3) is 4.26. The minimum atomic E-state index is -3.70. The van der Waals surface area contributed by atoms with Gasteiger partial charge >= 0.3 is 0 Å². The Hall–Kier alpha value is -1.45. The van der Waals surface area contributed by atoms with Gasteiger partial charge in [-0.25, -0.2) is 12.7 Å². The lowest BCUT2D eigenvalue weighted by atomic mass is 10.1. The molecule has 1 amide bonds. The number of thiophene rings is 1. The van der Waals surface area contributed by atoms with Gasteiger partial charge in [-0.1, -0.05) is 17.7 Å². The van der Waals surface area contributed by atoms with Crippen LogP contribution in [-0.2, 0) is 14.8 Å². The van der Waals surface area contributed by atoms with Crippen molar-refractivity contribution in [1.82, 2.24) is 9.21 Å². The van der Waals surface area contributed by atoms with Gasteiger partial charge in [0.05, 0.1) is 11.1 Å². The van der Waals surface area contributed by atoms with Gasteiger partial charge in [-0.05, 0) is 56.0 Å². The lowest BCUT2D eigenvalue weighted by Gasteiger charge is -2.29. The summed E-state index contributed by atoms with van der Waals surface area (Å²) in [5.41, 5.74) is 0.411. The molecule has 2 atom stereocenters. The maximum Gasteiger partial charge on any atom is 0.244 e. The van der Waals surface area contributed by atoms with Crippen molar-refractivity contribution in [2.24, 2.45) is 0 Å². The van der Waals surface area contributed by atoms with E-state index in [9.17, 15) is 13.2 Å². The Labute approximate surface area is 175 Å². The molecular formula is C19H24ClN3O3S2. The molecule has 9 heteroatoms. The van der Waals surface area contributed by atoms with Crippen LogP contribution in [0.3, 0.4) is 0 Å². The predicted molar refractivity (Wildman–Crippen MR) is 113 cm³/mol. The first-order valence-corrected chi connectivity index (χ1v) is 11.7. The molecule has 152 valence electrons. The Kier molecular flexibility index (Phi) is 6.46. The van der Waals surface area contributed by atoms with Crippen LogP contribution < -0.4 is 5.32 Å². The third-order valence-electron chi connectivity index (χ3n) is 5.00. The highest BCUT2D eigenvalue weighted by atomic mass is 35.5. The lowest BCUT2D eigenvalue weighted by Crippen LogP contribution is -2.41. The third-order valence-corrected chi connectivity index (χ3v) is 8.27. The molecule has 1 aliphatic rings. The molecule has 1 N–H and O–H groups in total. The number of rotatable bonds is 6. The van der Waals surface area contributed by atoms with Crippen molar-refractivity contribution in [3.63, 3.8) is 0 Å². The first kappa shape index (κ1) is 21.3. The average molecular weight is 442 g/mol. The number of hydrogen-bond acceptors (Lipinski definition) is 5. The Balaban J connectivity index is 1.78. The first-order valence-electron chi connectivity index (χ1n) is 9.04. The molecule has 3 rings (SSSR count). The maximum atomic E-state index is 12.9. The quantitative estimate of drug-likeness (QED) is 0.739. The van der Waals surface area contributed by atoms with E-state index in [0.29, 0.717) is 5.69 Å². The van der Waals surface area contributed by atoms with Gasteiger partial charge in [0.1, 0.15) is 4.90 Å². The molecule has 2 heterocycles. The van der Waals surface area contributed by atoms with Gasteiger partial charge in [0.2, 0.25) is 15.9 Å². The van der Waals surface area contributed by atoms with E-state index in [-0.39, 0.29) is 27.9 Å². The van der Waals surface area contributed by atoms with Crippen LogP contribution in [0.1, 0.15) is 30.7 Å². The minimum absolute atomic E-state index is 0.0257.